The minimum absolute atomic E-state index is 0.0457. The summed E-state index contributed by atoms with van der Waals surface area (Å²) in [6, 6.07) is 5.18. The highest BCUT2D eigenvalue weighted by Gasteiger charge is 2.27. The van der Waals surface area contributed by atoms with Gasteiger partial charge in [0.25, 0.3) is 5.69 Å². The Bertz CT molecular complexity index is 1130. The summed E-state index contributed by atoms with van der Waals surface area (Å²) >= 11 is 0. The van der Waals surface area contributed by atoms with E-state index in [4.69, 9.17) is 0 Å². The van der Waals surface area contributed by atoms with E-state index in [1.165, 1.54) is 0 Å². The van der Waals surface area contributed by atoms with Crippen LogP contribution >= 0.6 is 0 Å². The van der Waals surface area contributed by atoms with Crippen LogP contribution in [0.1, 0.15) is 43.9 Å². The van der Waals surface area contributed by atoms with E-state index in [0.717, 1.165) is 43.5 Å². The van der Waals surface area contributed by atoms with Gasteiger partial charge in [-0.05, 0) is 37.3 Å². The Kier molecular flexibility index (Phi) is 7.34. The van der Waals surface area contributed by atoms with Crippen molar-refractivity contribution >= 4 is 28.9 Å². The molecule has 4 rings (SSSR count). The third-order valence-electron chi connectivity index (χ3n) is 6.02. The molecule has 0 saturated carbocycles. The minimum Gasteiger partial charge on any atom is -0.365 e. The van der Waals surface area contributed by atoms with Gasteiger partial charge < -0.3 is 15.3 Å². The number of carbonyl (C=O) groups is 1. The number of aromatic amines is 1. The molecule has 1 unspecified atom stereocenters. The number of nitrogens with one attached hydrogen (secondary N) is 3. The highest BCUT2D eigenvalue weighted by molar-refractivity contribution is 6.06. The van der Waals surface area contributed by atoms with Crippen LogP contribution in [0.15, 0.2) is 46.5 Å². The number of anilines is 1. The molecule has 0 bridgehead atoms. The highest BCUT2D eigenvalue weighted by Crippen LogP contribution is 2.33. The minimum atomic E-state index is -0.356. The number of aryl methyl sites for hydroxylation is 1. The number of hydrogen-bond acceptors (Lipinski definition) is 8. The van der Waals surface area contributed by atoms with Gasteiger partial charge in [-0.25, -0.2) is 10.4 Å². The van der Waals surface area contributed by atoms with Gasteiger partial charge in [0.15, 0.2) is 0 Å². The number of H-pyrrole nitrogens is 1. The predicted molar refractivity (Wildman–Crippen MR) is 129 cm³/mol. The van der Waals surface area contributed by atoms with Gasteiger partial charge in [-0.2, -0.15) is 5.10 Å². The average Bonchev–Trinajstić information content (AvgIpc) is 3.35. The number of hydrazone groups is 2. The van der Waals surface area contributed by atoms with Crippen LogP contribution in [0.5, 0.6) is 0 Å². The van der Waals surface area contributed by atoms with Crippen molar-refractivity contribution in [3.63, 3.8) is 0 Å². The van der Waals surface area contributed by atoms with Gasteiger partial charge in [0, 0.05) is 61.4 Å². The van der Waals surface area contributed by atoms with Crippen molar-refractivity contribution in [2.75, 3.05) is 24.5 Å². The topological polar surface area (TPSA) is 141 Å². The quantitative estimate of drug-likeness (QED) is 0.237. The maximum Gasteiger partial charge on any atom is 0.293 e. The molecule has 1 fully saturated rings. The Morgan fingerprint density at radius 3 is 2.88 bits per heavy atom. The van der Waals surface area contributed by atoms with Crippen LogP contribution in [0.4, 0.5) is 11.4 Å². The largest absolute Gasteiger partial charge is 0.365 e. The number of piperidine rings is 1. The van der Waals surface area contributed by atoms with Crippen molar-refractivity contribution in [1.29, 1.82) is 0 Å². The Labute approximate surface area is 197 Å². The van der Waals surface area contributed by atoms with E-state index >= 15 is 0 Å². The molecule has 11 heteroatoms. The van der Waals surface area contributed by atoms with Crippen LogP contribution in [0.25, 0.3) is 0 Å². The summed E-state index contributed by atoms with van der Waals surface area (Å²) in [4.78, 5) is 32.1. The number of hydrogen-bond donors (Lipinski definition) is 3. The first-order valence-corrected chi connectivity index (χ1v) is 11.4. The SMILES string of the molecule is CC1CC(=O)NN=C1c1ccc(N2CCC(=C=NNCCCc3cnc[nH]3)CC2)c([N+](=O)[O-])c1. The van der Waals surface area contributed by atoms with E-state index in [1.54, 1.807) is 18.5 Å². The lowest BCUT2D eigenvalue weighted by Crippen LogP contribution is -2.33. The first-order chi connectivity index (χ1) is 16.5. The smallest absolute Gasteiger partial charge is 0.293 e. The third-order valence-corrected chi connectivity index (χ3v) is 6.02. The van der Waals surface area contributed by atoms with E-state index in [2.05, 4.69) is 36.9 Å². The maximum absolute atomic E-state index is 11.8. The van der Waals surface area contributed by atoms with Gasteiger partial charge in [0.1, 0.15) is 5.69 Å². The highest BCUT2D eigenvalue weighted by atomic mass is 16.6. The molecule has 1 saturated heterocycles. The van der Waals surface area contributed by atoms with Gasteiger partial charge in [-0.15, -0.1) is 5.10 Å². The number of imidazole rings is 1. The zero-order valence-corrected chi connectivity index (χ0v) is 19.1. The number of nitro benzene ring substituents is 1. The molecular formula is C23H28N8O3. The Morgan fingerprint density at radius 2 is 2.18 bits per heavy atom. The normalized spacial score (nSPS) is 18.1. The lowest BCUT2D eigenvalue weighted by molar-refractivity contribution is -0.384. The van der Waals surface area contributed by atoms with Crippen molar-refractivity contribution in [2.45, 2.75) is 39.0 Å². The zero-order chi connectivity index (χ0) is 23.9. The van der Waals surface area contributed by atoms with Gasteiger partial charge >= 0.3 is 0 Å². The Hall–Kier alpha value is -3.98. The van der Waals surface area contributed by atoms with E-state index in [-0.39, 0.29) is 22.4 Å². The van der Waals surface area contributed by atoms with Crippen molar-refractivity contribution < 1.29 is 9.72 Å². The van der Waals surface area contributed by atoms with E-state index < -0.39 is 0 Å². The molecule has 0 radical (unpaired) electrons. The van der Waals surface area contributed by atoms with Crippen molar-refractivity contribution in [3.05, 3.63) is 57.7 Å². The molecule has 11 nitrogen and oxygen atoms in total. The van der Waals surface area contributed by atoms with Crippen molar-refractivity contribution in [1.82, 2.24) is 20.8 Å². The summed E-state index contributed by atoms with van der Waals surface area (Å²) in [6.07, 6.45) is 7.15. The van der Waals surface area contributed by atoms with E-state index in [0.29, 0.717) is 36.5 Å². The number of benzene rings is 1. The van der Waals surface area contributed by atoms with E-state index in [1.807, 2.05) is 24.1 Å². The summed E-state index contributed by atoms with van der Waals surface area (Å²) in [5.74, 6) is 2.84. The fourth-order valence-electron chi connectivity index (χ4n) is 4.18. The molecule has 0 spiro atoms. The second-order valence-corrected chi connectivity index (χ2v) is 8.50. The van der Waals surface area contributed by atoms with Crippen molar-refractivity contribution in [2.24, 2.45) is 16.1 Å². The van der Waals surface area contributed by atoms with Crippen LogP contribution in [0, 0.1) is 16.0 Å². The molecule has 2 aliphatic rings. The molecule has 3 N–H and O–H groups in total. The lowest BCUT2D eigenvalue weighted by Gasteiger charge is -2.29. The van der Waals surface area contributed by atoms with Crippen LogP contribution in [0.3, 0.4) is 0 Å². The Morgan fingerprint density at radius 1 is 1.35 bits per heavy atom. The van der Waals surface area contributed by atoms with E-state index in [9.17, 15) is 14.9 Å². The van der Waals surface area contributed by atoms with Crippen LogP contribution in [0.2, 0.25) is 0 Å². The summed E-state index contributed by atoms with van der Waals surface area (Å²) in [7, 11) is 0. The van der Waals surface area contributed by atoms with Crippen LogP contribution in [-0.2, 0) is 11.2 Å². The van der Waals surface area contributed by atoms with Crippen LogP contribution < -0.4 is 15.8 Å². The molecule has 1 atom stereocenters. The molecule has 178 valence electrons. The molecule has 34 heavy (non-hydrogen) atoms. The summed E-state index contributed by atoms with van der Waals surface area (Å²) in [6.45, 7) is 3.96. The number of nitro groups is 1. The number of carbonyl (C=O) groups excluding carboxylic acids is 1. The zero-order valence-electron chi connectivity index (χ0n) is 19.1. The number of nitrogens with zero attached hydrogens (tertiary/aromatic N) is 5. The number of rotatable bonds is 8. The summed E-state index contributed by atoms with van der Waals surface area (Å²) < 4.78 is 0. The molecule has 3 heterocycles. The molecule has 1 amide bonds. The summed E-state index contributed by atoms with van der Waals surface area (Å²) in [5.41, 5.74) is 9.65. The van der Waals surface area contributed by atoms with Gasteiger partial charge in [0.05, 0.1) is 17.0 Å². The molecule has 2 aliphatic heterocycles. The summed E-state index contributed by atoms with van der Waals surface area (Å²) in [5, 5.41) is 20.1. The molecule has 1 aromatic heterocycles. The molecule has 0 aliphatic carbocycles. The second-order valence-electron chi connectivity index (χ2n) is 8.50. The standard InChI is InChI=1S/C23H28N8O3/c1-16-11-22(32)28-29-23(16)18-4-5-20(21(12-18)31(33)34)30-9-6-17(7-10-30)13-27-26-8-2-3-19-14-24-15-25-19/h4-5,12,14-16,26H,2-3,6-11H2,1H3,(H,24,25)(H,28,32). The number of amides is 1. The van der Waals surface area contributed by atoms with Crippen LogP contribution in [-0.4, -0.2) is 52.0 Å². The Balaban J connectivity index is 1.35. The van der Waals surface area contributed by atoms with Gasteiger partial charge in [-0.1, -0.05) is 13.0 Å². The fourth-order valence-corrected chi connectivity index (χ4v) is 4.18. The predicted octanol–water partition coefficient (Wildman–Crippen LogP) is 2.51. The maximum atomic E-state index is 11.8. The third kappa shape index (κ3) is 5.68. The first-order valence-electron chi connectivity index (χ1n) is 11.4. The lowest BCUT2D eigenvalue weighted by atomic mass is 9.93. The fraction of sp³-hybridized carbons (Fsp3) is 0.435. The van der Waals surface area contributed by atoms with Gasteiger partial charge in [0.2, 0.25) is 5.91 Å². The van der Waals surface area contributed by atoms with Gasteiger partial charge in [-0.3, -0.25) is 14.9 Å². The molecule has 1 aromatic carbocycles. The molecule has 2 aromatic rings. The molecular weight excluding hydrogens is 436 g/mol. The van der Waals surface area contributed by atoms with Crippen molar-refractivity contribution in [3.8, 4) is 0 Å². The number of aromatic nitrogens is 2. The first kappa shape index (κ1) is 23.2. The monoisotopic (exact) mass is 464 g/mol. The average molecular weight is 465 g/mol. The second kappa shape index (κ2) is 10.8.